The summed E-state index contributed by atoms with van der Waals surface area (Å²) < 4.78 is 8.56. The maximum Gasteiger partial charge on any atom is 0.151 e. The predicted octanol–water partition coefficient (Wildman–Crippen LogP) is 3.84. The molecular formula is C20H21N3OS. The van der Waals surface area contributed by atoms with Crippen LogP contribution >= 0.6 is 12.2 Å². The van der Waals surface area contributed by atoms with Crippen molar-refractivity contribution >= 4 is 28.2 Å². The minimum Gasteiger partial charge on any atom is -0.483 e. The maximum absolute atomic E-state index is 6.47. The quantitative estimate of drug-likeness (QED) is 0.712. The Kier molecular flexibility index (Phi) is 3.96. The average molecular weight is 351 g/mol. The van der Waals surface area contributed by atoms with E-state index >= 15 is 0 Å². The van der Waals surface area contributed by atoms with Gasteiger partial charge in [0.05, 0.1) is 5.52 Å². The highest BCUT2D eigenvalue weighted by Crippen LogP contribution is 2.41. The lowest BCUT2D eigenvalue weighted by molar-refractivity contribution is 0.179. The predicted molar refractivity (Wildman–Crippen MR) is 104 cm³/mol. The number of benzene rings is 2. The molecule has 0 spiro atoms. The number of thiocarbonyl (C=S) groups is 1. The molecule has 0 aliphatic carbocycles. The molecule has 4 nitrogen and oxygen atoms in total. The van der Waals surface area contributed by atoms with E-state index in [0.29, 0.717) is 0 Å². The Morgan fingerprint density at radius 2 is 2.08 bits per heavy atom. The number of ether oxygens (including phenoxy) is 1. The normalized spacial score (nSPS) is 16.4. The van der Waals surface area contributed by atoms with Crippen LogP contribution in [0.5, 0.6) is 5.75 Å². The molecule has 4 rings (SSSR count). The van der Waals surface area contributed by atoms with E-state index in [0.717, 1.165) is 51.6 Å². The summed E-state index contributed by atoms with van der Waals surface area (Å²) in [6.07, 6.45) is 1.92. The van der Waals surface area contributed by atoms with Gasteiger partial charge in [-0.15, -0.1) is 0 Å². The molecule has 2 aromatic carbocycles. The number of nitrogens with one attached hydrogen (secondary N) is 1. The van der Waals surface area contributed by atoms with Crippen molar-refractivity contribution in [3.8, 4) is 5.75 Å². The zero-order valence-corrected chi connectivity index (χ0v) is 15.5. The van der Waals surface area contributed by atoms with Crippen LogP contribution < -0.4 is 10.1 Å². The molecule has 2 heterocycles. The highest BCUT2D eigenvalue weighted by Gasteiger charge is 2.28. The van der Waals surface area contributed by atoms with Gasteiger partial charge >= 0.3 is 0 Å². The van der Waals surface area contributed by atoms with Crippen LogP contribution in [0.15, 0.2) is 36.4 Å². The van der Waals surface area contributed by atoms with Gasteiger partial charge in [-0.1, -0.05) is 42.5 Å². The minimum absolute atomic E-state index is 0.0534. The van der Waals surface area contributed by atoms with Crippen LogP contribution in [0.25, 0.3) is 11.0 Å². The summed E-state index contributed by atoms with van der Waals surface area (Å²) in [6, 6.07) is 12.5. The first-order chi connectivity index (χ1) is 12.1. The Hall–Kier alpha value is -2.40. The van der Waals surface area contributed by atoms with Crippen LogP contribution in [-0.4, -0.2) is 21.6 Å². The van der Waals surface area contributed by atoms with Crippen molar-refractivity contribution in [1.82, 2.24) is 14.9 Å². The van der Waals surface area contributed by atoms with Crippen LogP contribution in [0, 0.1) is 6.92 Å². The first-order valence-electron chi connectivity index (χ1n) is 8.52. The largest absolute Gasteiger partial charge is 0.483 e. The van der Waals surface area contributed by atoms with Gasteiger partial charge in [-0.3, -0.25) is 0 Å². The third kappa shape index (κ3) is 2.59. The monoisotopic (exact) mass is 351 g/mol. The van der Waals surface area contributed by atoms with E-state index < -0.39 is 0 Å². The zero-order chi connectivity index (χ0) is 17.6. The molecule has 1 aromatic heterocycles. The van der Waals surface area contributed by atoms with E-state index in [-0.39, 0.29) is 6.10 Å². The van der Waals surface area contributed by atoms with E-state index in [4.69, 9.17) is 21.9 Å². The molecule has 1 atom stereocenters. The molecule has 0 saturated heterocycles. The van der Waals surface area contributed by atoms with Gasteiger partial charge in [-0.05, 0) is 31.4 Å². The molecule has 25 heavy (non-hydrogen) atoms. The molecule has 1 aliphatic heterocycles. The Bertz CT molecular complexity index is 962. The summed E-state index contributed by atoms with van der Waals surface area (Å²) in [7, 11) is 3.89. The van der Waals surface area contributed by atoms with Crippen molar-refractivity contribution in [1.29, 1.82) is 0 Å². The maximum atomic E-state index is 6.47. The second-order valence-corrected chi connectivity index (χ2v) is 6.86. The van der Waals surface area contributed by atoms with Gasteiger partial charge in [0, 0.05) is 25.2 Å². The fourth-order valence-electron chi connectivity index (χ4n) is 3.54. The molecule has 0 fully saturated rings. The molecule has 0 bridgehead atoms. The number of hydrogen-bond donors (Lipinski definition) is 1. The lowest BCUT2D eigenvalue weighted by Gasteiger charge is -2.28. The molecule has 1 N–H and O–H groups in total. The second kappa shape index (κ2) is 6.15. The molecule has 0 radical (unpaired) electrons. The molecule has 3 aromatic rings. The van der Waals surface area contributed by atoms with Crippen LogP contribution in [0.2, 0.25) is 0 Å². The smallest absolute Gasteiger partial charge is 0.151 e. The van der Waals surface area contributed by atoms with Crippen LogP contribution in [-0.2, 0) is 13.5 Å². The van der Waals surface area contributed by atoms with E-state index in [1.165, 1.54) is 5.56 Å². The van der Waals surface area contributed by atoms with Crippen molar-refractivity contribution in [3.63, 3.8) is 0 Å². The first-order valence-corrected chi connectivity index (χ1v) is 8.93. The molecule has 1 aliphatic rings. The van der Waals surface area contributed by atoms with E-state index in [1.54, 1.807) is 0 Å². The van der Waals surface area contributed by atoms with Crippen molar-refractivity contribution in [2.75, 3.05) is 7.05 Å². The number of fused-ring (bicyclic) bond motifs is 3. The number of rotatable bonds is 2. The van der Waals surface area contributed by atoms with E-state index in [1.807, 2.05) is 27.1 Å². The lowest BCUT2D eigenvalue weighted by atomic mass is 9.93. The standard InChI is InChI=1S/C20H21N3OS/c1-12-22-18-16(23(12)3)11-15(20(25)21-2)14-9-10-17(24-19(14)18)13-7-5-4-6-8-13/h4-8,11,17H,9-10H2,1-3H3,(H,21,25)/t17-/m0/s1. The molecule has 0 unspecified atom stereocenters. The second-order valence-electron chi connectivity index (χ2n) is 6.45. The summed E-state index contributed by atoms with van der Waals surface area (Å²) in [6.45, 7) is 2.01. The van der Waals surface area contributed by atoms with Crippen molar-refractivity contribution in [2.45, 2.75) is 25.9 Å². The molecule has 5 heteroatoms. The zero-order valence-electron chi connectivity index (χ0n) is 14.7. The van der Waals surface area contributed by atoms with Crippen molar-refractivity contribution in [3.05, 3.63) is 58.9 Å². The third-order valence-corrected chi connectivity index (χ3v) is 5.44. The van der Waals surface area contributed by atoms with Crippen LogP contribution in [0.3, 0.4) is 0 Å². The van der Waals surface area contributed by atoms with Crippen molar-refractivity contribution < 1.29 is 4.74 Å². The van der Waals surface area contributed by atoms with E-state index in [2.05, 4.69) is 40.2 Å². The molecular weight excluding hydrogens is 330 g/mol. The highest BCUT2D eigenvalue weighted by atomic mass is 32.1. The number of aromatic nitrogens is 2. The Morgan fingerprint density at radius 3 is 2.80 bits per heavy atom. The summed E-state index contributed by atoms with van der Waals surface area (Å²) in [5, 5.41) is 3.11. The lowest BCUT2D eigenvalue weighted by Crippen LogP contribution is -2.22. The minimum atomic E-state index is 0.0534. The number of imidazole rings is 1. The Labute approximate surface area is 152 Å². The van der Waals surface area contributed by atoms with Gasteiger partial charge in [0.2, 0.25) is 0 Å². The fourth-order valence-corrected chi connectivity index (χ4v) is 3.72. The number of aryl methyl sites for hydroxylation is 2. The molecule has 128 valence electrons. The van der Waals surface area contributed by atoms with Gasteiger partial charge in [0.15, 0.2) is 5.75 Å². The van der Waals surface area contributed by atoms with Gasteiger partial charge in [0.25, 0.3) is 0 Å². The summed E-state index contributed by atoms with van der Waals surface area (Å²) in [5.74, 6) is 1.85. The van der Waals surface area contributed by atoms with Crippen LogP contribution in [0.4, 0.5) is 0 Å². The molecule has 0 saturated carbocycles. The summed E-state index contributed by atoms with van der Waals surface area (Å²) in [5.41, 5.74) is 5.40. The Balaban J connectivity index is 1.90. The van der Waals surface area contributed by atoms with Crippen molar-refractivity contribution in [2.24, 2.45) is 7.05 Å². The summed E-state index contributed by atoms with van der Waals surface area (Å²) >= 11 is 5.55. The average Bonchev–Trinajstić information content (AvgIpc) is 2.95. The highest BCUT2D eigenvalue weighted by molar-refractivity contribution is 7.80. The van der Waals surface area contributed by atoms with E-state index in [9.17, 15) is 0 Å². The first kappa shape index (κ1) is 16.1. The summed E-state index contributed by atoms with van der Waals surface area (Å²) in [4.78, 5) is 5.50. The van der Waals surface area contributed by atoms with Gasteiger partial charge in [0.1, 0.15) is 22.4 Å². The number of hydrogen-bond acceptors (Lipinski definition) is 3. The van der Waals surface area contributed by atoms with Gasteiger partial charge in [-0.25, -0.2) is 4.98 Å². The van der Waals surface area contributed by atoms with Gasteiger partial charge in [-0.2, -0.15) is 0 Å². The molecule has 0 amide bonds. The fraction of sp³-hybridized carbons (Fsp3) is 0.300. The van der Waals surface area contributed by atoms with Crippen LogP contribution in [0.1, 0.15) is 35.0 Å². The van der Waals surface area contributed by atoms with Gasteiger partial charge < -0.3 is 14.6 Å². The Morgan fingerprint density at radius 1 is 1.32 bits per heavy atom. The third-order valence-electron chi connectivity index (χ3n) is 5.02. The SMILES string of the molecule is CNC(=S)c1cc2c(nc(C)n2C)c2c1CC[C@@H](c1ccccc1)O2. The topological polar surface area (TPSA) is 39.1 Å². The number of nitrogens with zero attached hydrogens (tertiary/aromatic N) is 2.